The van der Waals surface area contributed by atoms with Crippen molar-refractivity contribution >= 4 is 88.0 Å². The molecule has 2 heterocycles. The Morgan fingerprint density at radius 3 is 1.69 bits per heavy atom. The van der Waals surface area contributed by atoms with Gasteiger partial charge in [-0.3, -0.25) is 38.4 Å². The average Bonchev–Trinajstić information content (AvgIpc) is 4.01. The summed E-state index contributed by atoms with van der Waals surface area (Å²) >= 11 is 4.05. The van der Waals surface area contributed by atoms with Gasteiger partial charge >= 0.3 is 0 Å². The van der Waals surface area contributed by atoms with Gasteiger partial charge in [0.25, 0.3) is 0 Å². The molecule has 2 aromatic carbocycles. The number of aromatic amines is 2. The summed E-state index contributed by atoms with van der Waals surface area (Å²) in [6, 6.07) is 6.50. The molecule has 0 aliphatic rings. The van der Waals surface area contributed by atoms with Crippen molar-refractivity contribution in [3.8, 4) is 0 Å². The number of benzene rings is 2. The van der Waals surface area contributed by atoms with Crippen LogP contribution in [0.25, 0.3) is 21.8 Å². The highest BCUT2D eigenvalue weighted by atomic mass is 32.1. The number of aldehydes is 1. The van der Waals surface area contributed by atoms with Gasteiger partial charge in [0.05, 0.1) is 31.3 Å². The second-order valence-electron chi connectivity index (χ2n) is 18.6. The minimum Gasteiger partial charge on any atom is -0.391 e. The number of nitrogens with two attached hydrogens (primary N) is 2. The number of hydrogen-bond donors (Lipinski definition) is 14. The molecule has 0 saturated heterocycles. The maximum atomic E-state index is 14.3. The smallest absolute Gasteiger partial charge is 0.245 e. The molecule has 0 aliphatic carbocycles. The summed E-state index contributed by atoms with van der Waals surface area (Å²) in [5, 5.41) is 33.2. The van der Waals surface area contributed by atoms with Gasteiger partial charge in [0, 0.05) is 52.8 Å². The van der Waals surface area contributed by atoms with Gasteiger partial charge < -0.3 is 73.9 Å². The molecule has 0 bridgehead atoms. The first kappa shape index (κ1) is 59.7. The third-order valence-electron chi connectivity index (χ3n) is 13.0. The standard InChI is InChI=1S/C51H74N12O10S/c1-6-28(3)43(62-47(69)39(18-12-13-19-52)59-46(68)36(53)27-74)49(71)57-24-41(66)56-25-42(67)61-44(29(4)7-2)50(72)60-40(21-32-23-55-38-17-11-9-15-35(32)38)48(70)63-45(30(5)65)51(73)58-33(26-64)20-31-22-54-37-16-10-8-14-34(31)37/h8-11,14-17,22-23,26,28-30,33,36,39-40,43-45,54-55,65,74H,6-7,12-13,18-21,24-25,27,52-53H2,1-5H3,(H,56,66)(H,57,71)(H,58,73)(H,59,68)(H,60,72)(H,61,67)(H,62,69)(H,63,70)/t28-,29-,30+,33-,36-,39-,40-,43-,44-,45-/m0/s1. The van der Waals surface area contributed by atoms with Crippen LogP contribution in [-0.4, -0.2) is 142 Å². The van der Waals surface area contributed by atoms with Crippen molar-refractivity contribution in [2.24, 2.45) is 23.3 Å². The van der Waals surface area contributed by atoms with Crippen molar-refractivity contribution in [2.45, 2.75) is 128 Å². The average molecular weight is 1050 g/mol. The quantitative estimate of drug-likeness (QED) is 0.0175. The van der Waals surface area contributed by atoms with Crippen LogP contribution in [0.4, 0.5) is 0 Å². The predicted octanol–water partition coefficient (Wildman–Crippen LogP) is -0.366. The van der Waals surface area contributed by atoms with Gasteiger partial charge in [-0.25, -0.2) is 0 Å². The monoisotopic (exact) mass is 1050 g/mol. The van der Waals surface area contributed by atoms with Crippen LogP contribution in [-0.2, 0) is 56.0 Å². The summed E-state index contributed by atoms with van der Waals surface area (Å²) in [6.45, 7) is 7.54. The Labute approximate surface area is 436 Å². The molecule has 4 aromatic rings. The maximum Gasteiger partial charge on any atom is 0.245 e. The summed E-state index contributed by atoms with van der Waals surface area (Å²) in [5.74, 6) is -6.71. The number of rotatable bonds is 31. The van der Waals surface area contributed by atoms with Crippen LogP contribution in [0, 0.1) is 11.8 Å². The number of para-hydroxylation sites is 2. The first-order valence-electron chi connectivity index (χ1n) is 25.0. The molecule has 22 nitrogen and oxygen atoms in total. The van der Waals surface area contributed by atoms with E-state index in [9.17, 15) is 48.3 Å². The van der Waals surface area contributed by atoms with E-state index in [0.717, 1.165) is 27.4 Å². The highest BCUT2D eigenvalue weighted by molar-refractivity contribution is 7.80. The van der Waals surface area contributed by atoms with E-state index in [1.165, 1.54) is 6.92 Å². The Morgan fingerprint density at radius 2 is 1.14 bits per heavy atom. The van der Waals surface area contributed by atoms with E-state index >= 15 is 0 Å². The van der Waals surface area contributed by atoms with E-state index in [0.29, 0.717) is 44.1 Å². The van der Waals surface area contributed by atoms with Crippen molar-refractivity contribution in [1.82, 2.24) is 52.5 Å². The molecular formula is C51H74N12O10S. The van der Waals surface area contributed by atoms with Gasteiger partial charge in [-0.05, 0) is 67.8 Å². The van der Waals surface area contributed by atoms with Crippen LogP contribution in [0.5, 0.6) is 0 Å². The van der Waals surface area contributed by atoms with Crippen LogP contribution in [0.3, 0.4) is 0 Å². The number of aliphatic hydroxyl groups is 1. The first-order chi connectivity index (χ1) is 35.3. The van der Waals surface area contributed by atoms with Gasteiger partial charge in [-0.15, -0.1) is 0 Å². The second kappa shape index (κ2) is 29.8. The number of H-pyrrole nitrogens is 2. The van der Waals surface area contributed by atoms with E-state index < -0.39 is 121 Å². The Balaban J connectivity index is 1.42. The molecule has 23 heteroatoms. The molecule has 0 spiro atoms. The number of aliphatic hydroxyl groups excluding tert-OH is 1. The zero-order chi connectivity index (χ0) is 54.5. The Bertz CT molecular complexity index is 2550. The molecule has 15 N–H and O–H groups in total. The van der Waals surface area contributed by atoms with Crippen LogP contribution >= 0.6 is 12.6 Å². The highest BCUT2D eigenvalue weighted by Gasteiger charge is 2.35. The second-order valence-corrected chi connectivity index (χ2v) is 19.0. The molecule has 4 rings (SSSR count). The molecule has 0 saturated carbocycles. The minimum atomic E-state index is -1.56. The molecule has 8 amide bonds. The molecule has 0 fully saturated rings. The third-order valence-corrected chi connectivity index (χ3v) is 13.4. The normalized spacial score (nSPS) is 15.4. The third kappa shape index (κ3) is 17.4. The van der Waals surface area contributed by atoms with Crippen LogP contribution < -0.4 is 54.0 Å². The predicted molar refractivity (Wildman–Crippen MR) is 283 cm³/mol. The van der Waals surface area contributed by atoms with E-state index in [2.05, 4.69) is 65.1 Å². The van der Waals surface area contributed by atoms with E-state index in [-0.39, 0.29) is 25.0 Å². The lowest BCUT2D eigenvalue weighted by molar-refractivity contribution is -0.136. The fourth-order valence-electron chi connectivity index (χ4n) is 8.12. The fraction of sp³-hybridized carbons (Fsp3) is 0.510. The van der Waals surface area contributed by atoms with Gasteiger partial charge in [-0.2, -0.15) is 12.6 Å². The van der Waals surface area contributed by atoms with Crippen LogP contribution in [0.2, 0.25) is 0 Å². The molecular weight excluding hydrogens is 973 g/mol. The number of nitrogens with one attached hydrogen (secondary N) is 10. The highest BCUT2D eigenvalue weighted by Crippen LogP contribution is 2.21. The Hall–Kier alpha value is -6.82. The van der Waals surface area contributed by atoms with Crippen LogP contribution in [0.15, 0.2) is 60.9 Å². The van der Waals surface area contributed by atoms with Gasteiger partial charge in [0.2, 0.25) is 47.3 Å². The molecule has 0 aliphatic heterocycles. The number of carbonyl (C=O) groups excluding carboxylic acids is 9. The zero-order valence-electron chi connectivity index (χ0n) is 42.6. The van der Waals surface area contributed by atoms with Gasteiger partial charge in [0.1, 0.15) is 36.5 Å². The lowest BCUT2D eigenvalue weighted by Crippen LogP contribution is -2.61. The van der Waals surface area contributed by atoms with E-state index in [1.807, 2.05) is 55.5 Å². The van der Waals surface area contributed by atoms with E-state index in [4.69, 9.17) is 11.5 Å². The Kier molecular flexibility index (Phi) is 24.0. The molecule has 404 valence electrons. The lowest BCUT2D eigenvalue weighted by Gasteiger charge is -2.28. The number of fused-ring (bicyclic) bond motifs is 2. The molecule has 10 atom stereocenters. The first-order valence-corrected chi connectivity index (χ1v) is 25.6. The van der Waals surface area contributed by atoms with Crippen molar-refractivity contribution in [1.29, 1.82) is 0 Å². The SMILES string of the molecule is CC[C@H](C)[C@H](NC(=O)CNC(=O)CNC(=O)[C@@H](NC(=O)[C@H](CCCCN)NC(=O)[C@@H](N)CS)[C@@H](C)CC)C(=O)N[C@@H](Cc1c[nH]c2ccccc12)C(=O)N[C@H](C(=O)N[C@H](C=O)Cc1c[nH]c2ccccc12)[C@@H](C)O. The lowest BCUT2D eigenvalue weighted by atomic mass is 9.97. The largest absolute Gasteiger partial charge is 0.391 e. The molecule has 0 radical (unpaired) electrons. The maximum absolute atomic E-state index is 14.3. The van der Waals surface area contributed by atoms with Crippen molar-refractivity contribution in [3.63, 3.8) is 0 Å². The molecule has 2 aromatic heterocycles. The number of thiol groups is 1. The minimum absolute atomic E-state index is 0.0455. The number of carbonyl (C=O) groups is 9. The van der Waals surface area contributed by atoms with Crippen LogP contribution in [0.1, 0.15) is 77.8 Å². The number of unbranched alkanes of at least 4 members (excludes halogenated alkanes) is 1. The summed E-state index contributed by atoms with van der Waals surface area (Å²) < 4.78 is 0. The van der Waals surface area contributed by atoms with Crippen molar-refractivity contribution in [2.75, 3.05) is 25.4 Å². The molecule has 74 heavy (non-hydrogen) atoms. The number of hydrogen-bond acceptors (Lipinski definition) is 13. The van der Waals surface area contributed by atoms with Crippen molar-refractivity contribution in [3.05, 3.63) is 72.1 Å². The Morgan fingerprint density at radius 1 is 0.622 bits per heavy atom. The summed E-state index contributed by atoms with van der Waals surface area (Å²) in [6.07, 6.45) is 4.78. The van der Waals surface area contributed by atoms with Crippen molar-refractivity contribution < 1.29 is 48.3 Å². The number of aromatic nitrogens is 2. The molecule has 0 unspecified atom stereocenters. The fourth-order valence-corrected chi connectivity index (χ4v) is 8.28. The van der Waals surface area contributed by atoms with Gasteiger partial charge in [0.15, 0.2) is 0 Å². The topological polar surface area (TPSA) is 354 Å². The zero-order valence-corrected chi connectivity index (χ0v) is 43.5. The summed E-state index contributed by atoms with van der Waals surface area (Å²) in [4.78, 5) is 127. The summed E-state index contributed by atoms with van der Waals surface area (Å²) in [5.41, 5.74) is 14.4. The number of amides is 8. The van der Waals surface area contributed by atoms with E-state index in [1.54, 1.807) is 33.2 Å². The van der Waals surface area contributed by atoms with Gasteiger partial charge in [-0.1, -0.05) is 76.9 Å². The summed E-state index contributed by atoms with van der Waals surface area (Å²) in [7, 11) is 0.